The molecule has 2 heterocycles. The monoisotopic (exact) mass is 378 g/mol. The molecule has 0 aromatic carbocycles. The van der Waals surface area contributed by atoms with Gasteiger partial charge in [-0.1, -0.05) is 24.3 Å². The average molecular weight is 379 g/mol. The topological polar surface area (TPSA) is 55.5 Å². The van der Waals surface area contributed by atoms with E-state index in [4.69, 9.17) is 0 Å². The van der Waals surface area contributed by atoms with Gasteiger partial charge in [-0.25, -0.2) is 0 Å². The maximum Gasteiger partial charge on any atom is 2.00 e. The summed E-state index contributed by atoms with van der Waals surface area (Å²) in [6.45, 7) is 3.42. The Bertz CT molecular complexity index is 415. The van der Waals surface area contributed by atoms with Gasteiger partial charge in [0.15, 0.2) is 0 Å². The molecule has 2 rings (SSSR count). The third-order valence-corrected chi connectivity index (χ3v) is 2.79. The summed E-state index contributed by atoms with van der Waals surface area (Å²) in [7, 11) is 11.8. The second-order valence-electron chi connectivity index (χ2n) is 6.01. The number of nitrogens with zero attached hydrogens (tertiary/aromatic N) is 2. The number of aromatic nitrogens is 2. The summed E-state index contributed by atoms with van der Waals surface area (Å²) in [6, 6.07) is 8.04. The molecule has 0 amide bonds. The Balaban J connectivity index is 0. The average Bonchev–Trinajstić information content (AvgIpc) is 3.19. The Morgan fingerprint density at radius 1 is 0.760 bits per heavy atom. The van der Waals surface area contributed by atoms with Gasteiger partial charge in [0.2, 0.25) is 0 Å². The van der Waals surface area contributed by atoms with Crippen molar-refractivity contribution in [3.05, 3.63) is 48.0 Å². The smallest absolute Gasteiger partial charge is 0.663 e. The van der Waals surface area contributed by atoms with Crippen LogP contribution in [-0.4, -0.2) is 93.4 Å². The minimum atomic E-state index is 0. The van der Waals surface area contributed by atoms with E-state index >= 15 is 0 Å². The maximum absolute atomic E-state index is 4.66. The second kappa shape index (κ2) is 18.5. The molecule has 0 atom stereocenters. The van der Waals surface area contributed by atoms with Crippen LogP contribution in [0.2, 0.25) is 0 Å². The van der Waals surface area contributed by atoms with Crippen molar-refractivity contribution in [1.29, 1.82) is 0 Å². The maximum atomic E-state index is 4.66. The van der Waals surface area contributed by atoms with E-state index in [1.165, 1.54) is 21.2 Å². The Morgan fingerprint density at radius 2 is 1.12 bits per heavy atom. The minimum Gasteiger partial charge on any atom is -0.663 e. The molecule has 2 aromatic heterocycles. The molecule has 0 aliphatic carbocycles. The number of quaternary nitrogens is 2. The second-order valence-corrected chi connectivity index (χ2v) is 6.01. The van der Waals surface area contributed by atoms with Gasteiger partial charge >= 0.3 is 37.7 Å². The Labute approximate surface area is 182 Å². The van der Waals surface area contributed by atoms with E-state index in [0.29, 0.717) is 13.2 Å². The van der Waals surface area contributed by atoms with Crippen molar-refractivity contribution in [2.24, 2.45) is 0 Å². The van der Waals surface area contributed by atoms with E-state index in [0.717, 1.165) is 13.1 Å². The first-order chi connectivity index (χ1) is 11.5. The molecular weight excluding hydrogens is 344 g/mol. The molecule has 2 aromatic rings. The van der Waals surface area contributed by atoms with Crippen LogP contribution in [0.5, 0.6) is 0 Å². The number of nitrogens with one attached hydrogen (secondary N) is 2. The molecule has 0 bridgehead atoms. The van der Waals surface area contributed by atoms with Gasteiger partial charge in [-0.05, 0) is 0 Å². The molecule has 0 aliphatic rings. The van der Waals surface area contributed by atoms with E-state index in [1.54, 1.807) is 14.2 Å². The number of hydrogen-bond donors (Lipinski definition) is 2. The van der Waals surface area contributed by atoms with Crippen molar-refractivity contribution >= 4 is 37.7 Å². The Kier molecular flexibility index (Phi) is 19.8. The number of rotatable bonds is 7. The van der Waals surface area contributed by atoms with Crippen LogP contribution in [0.25, 0.3) is 0 Å². The molecule has 138 valence electrons. The largest absolute Gasteiger partial charge is 2.00 e. The van der Waals surface area contributed by atoms with Crippen LogP contribution < -0.4 is 19.8 Å². The van der Waals surface area contributed by atoms with E-state index < -0.39 is 0 Å². The zero-order chi connectivity index (χ0) is 18.2. The molecule has 0 unspecified atom stereocenters. The van der Waals surface area contributed by atoms with E-state index in [2.05, 4.69) is 47.6 Å². The fraction of sp³-hybridized carbons (Fsp3) is 0.556. The molecule has 0 fully saturated rings. The summed E-state index contributed by atoms with van der Waals surface area (Å²) in [5.74, 6) is 0. The molecule has 6 nitrogen and oxygen atoms in total. The molecule has 0 saturated carbocycles. The third-order valence-electron chi connectivity index (χ3n) is 2.79. The van der Waals surface area contributed by atoms with Crippen molar-refractivity contribution < 1.29 is 19.3 Å². The molecule has 0 aliphatic heterocycles. The van der Waals surface area contributed by atoms with Crippen molar-refractivity contribution in [3.63, 3.8) is 0 Å². The first-order valence-electron chi connectivity index (χ1n) is 8.18. The molecule has 0 spiro atoms. The van der Waals surface area contributed by atoms with Crippen molar-refractivity contribution in [2.45, 2.75) is 13.1 Å². The number of ether oxygens (including phenoxy) is 2. The van der Waals surface area contributed by atoms with Crippen LogP contribution in [0, 0.1) is 0 Å². The summed E-state index contributed by atoms with van der Waals surface area (Å²) in [6.07, 6.45) is 3.66. The summed E-state index contributed by atoms with van der Waals surface area (Å²) >= 11 is 0. The SMILES string of the molecule is COCCOC.C[NH+](C)Cc1ccc[n-]1.C[NH+](C)Cc1ccc[n-]1.[Ca+2]. The van der Waals surface area contributed by atoms with E-state index in [-0.39, 0.29) is 37.7 Å². The quantitative estimate of drug-likeness (QED) is 0.454. The zero-order valence-corrected chi connectivity index (χ0v) is 18.9. The summed E-state index contributed by atoms with van der Waals surface area (Å²) in [5, 5.41) is 0. The fourth-order valence-electron chi connectivity index (χ4n) is 1.77. The van der Waals surface area contributed by atoms with Crippen LogP contribution in [0.1, 0.15) is 11.4 Å². The van der Waals surface area contributed by atoms with Gasteiger partial charge < -0.3 is 29.2 Å². The minimum absolute atomic E-state index is 0. The predicted octanol–water partition coefficient (Wildman–Crippen LogP) is -1.52. The fourth-order valence-corrected chi connectivity index (χ4v) is 1.77. The Morgan fingerprint density at radius 3 is 1.32 bits per heavy atom. The van der Waals surface area contributed by atoms with Gasteiger partial charge in [0, 0.05) is 14.2 Å². The van der Waals surface area contributed by atoms with Gasteiger partial charge in [0.25, 0.3) is 0 Å². The first-order valence-corrected chi connectivity index (χ1v) is 8.18. The van der Waals surface area contributed by atoms with Crippen LogP contribution >= 0.6 is 0 Å². The predicted molar refractivity (Wildman–Crippen MR) is 102 cm³/mol. The van der Waals surface area contributed by atoms with Crippen LogP contribution in [0.3, 0.4) is 0 Å². The van der Waals surface area contributed by atoms with E-state index in [1.807, 2.05) is 36.7 Å². The van der Waals surface area contributed by atoms with Gasteiger partial charge in [-0.3, -0.25) is 0 Å². The number of methoxy groups -OCH3 is 2. The molecular formula is C18H34CaN4O2+2. The third kappa shape index (κ3) is 18.3. The van der Waals surface area contributed by atoms with Gasteiger partial charge in [0.1, 0.15) is 0 Å². The van der Waals surface area contributed by atoms with Gasteiger partial charge in [-0.2, -0.15) is 12.4 Å². The molecule has 25 heavy (non-hydrogen) atoms. The Hall–Kier alpha value is -0.340. The van der Waals surface area contributed by atoms with E-state index in [9.17, 15) is 0 Å². The normalized spacial score (nSPS) is 9.76. The summed E-state index contributed by atoms with van der Waals surface area (Å²) in [4.78, 5) is 11.1. The standard InChI is InChI=1S/2C7H11N2.C4H10O2.Ca/c2*1-9(2)6-7-4-3-5-8-7;1-5-3-4-6-2;/h2*3-5H,6H2,1-2H3;3-4H2,1-2H3;/q2*-1;;+2/p+2. The molecule has 7 heteroatoms. The van der Waals surface area contributed by atoms with Gasteiger partial charge in [-0.15, -0.1) is 11.4 Å². The summed E-state index contributed by atoms with van der Waals surface area (Å²) in [5.41, 5.74) is 2.35. The van der Waals surface area contributed by atoms with Crippen molar-refractivity contribution in [1.82, 2.24) is 9.97 Å². The zero-order valence-electron chi connectivity index (χ0n) is 16.7. The van der Waals surface area contributed by atoms with Crippen molar-refractivity contribution in [3.8, 4) is 0 Å². The first kappa shape index (κ1) is 26.9. The van der Waals surface area contributed by atoms with Gasteiger partial charge in [0.05, 0.1) is 54.5 Å². The number of hydrogen-bond acceptors (Lipinski definition) is 2. The molecule has 0 saturated heterocycles. The van der Waals surface area contributed by atoms with Crippen LogP contribution in [0.4, 0.5) is 0 Å². The van der Waals surface area contributed by atoms with Crippen molar-refractivity contribution in [2.75, 3.05) is 55.6 Å². The summed E-state index contributed by atoms with van der Waals surface area (Å²) < 4.78 is 9.31. The molecule has 2 N–H and O–H groups in total. The van der Waals surface area contributed by atoms with Crippen LogP contribution in [-0.2, 0) is 22.6 Å². The molecule has 0 radical (unpaired) electrons. The van der Waals surface area contributed by atoms with Crippen LogP contribution in [0.15, 0.2) is 36.7 Å².